The first-order valence-electron chi connectivity index (χ1n) is 8.47. The summed E-state index contributed by atoms with van der Waals surface area (Å²) < 4.78 is 31.6. The molecular weight excluding hydrogens is 336 g/mol. The molecule has 2 unspecified atom stereocenters. The molecule has 0 spiro atoms. The minimum atomic E-state index is -3.43. The van der Waals surface area contributed by atoms with Crippen LogP contribution < -0.4 is 0 Å². The molecule has 138 valence electrons. The highest BCUT2D eigenvalue weighted by atomic mass is 32.2. The number of hydrogen-bond acceptors (Lipinski definition) is 5. The molecule has 0 aromatic carbocycles. The number of ether oxygens (including phenoxy) is 1. The van der Waals surface area contributed by atoms with Crippen LogP contribution in [0.3, 0.4) is 0 Å². The maximum atomic E-state index is 12.8. The zero-order valence-electron chi connectivity index (χ0n) is 14.0. The van der Waals surface area contributed by atoms with E-state index >= 15 is 0 Å². The molecule has 1 amide bonds. The van der Waals surface area contributed by atoms with Gasteiger partial charge in [0.2, 0.25) is 15.9 Å². The third-order valence-corrected chi connectivity index (χ3v) is 6.41. The highest BCUT2D eigenvalue weighted by Crippen LogP contribution is 2.25. The van der Waals surface area contributed by atoms with Crippen molar-refractivity contribution in [2.24, 2.45) is 0 Å². The molecule has 0 aromatic heterocycles. The molecule has 2 aliphatic rings. The van der Waals surface area contributed by atoms with E-state index < -0.39 is 28.1 Å². The highest BCUT2D eigenvalue weighted by Gasteiger charge is 2.41. The summed E-state index contributed by atoms with van der Waals surface area (Å²) in [5, 5.41) is 8.86. The lowest BCUT2D eigenvalue weighted by Crippen LogP contribution is -2.53. The molecule has 2 saturated heterocycles. The van der Waals surface area contributed by atoms with Crippen molar-refractivity contribution in [3.63, 3.8) is 0 Å². The Hall–Kier alpha value is -1.19. The standard InChI is InChI=1S/C15H26N2O6S/c1-2-3-9-24(21,22)17-6-4-5-13(17)15(20)16-7-8-23-12(11-16)10-14(18)19/h12-13H,2-11H2,1H3,(H,18,19). The van der Waals surface area contributed by atoms with Crippen LogP contribution in [-0.4, -0.2) is 78.7 Å². The lowest BCUT2D eigenvalue weighted by molar-refractivity contribution is -0.149. The third-order valence-electron chi connectivity index (χ3n) is 4.45. The van der Waals surface area contributed by atoms with Gasteiger partial charge in [-0.05, 0) is 19.3 Å². The van der Waals surface area contributed by atoms with Crippen LogP contribution in [-0.2, 0) is 24.3 Å². The SMILES string of the molecule is CCCCS(=O)(=O)N1CCCC1C(=O)N1CCOC(CC(=O)O)C1. The van der Waals surface area contributed by atoms with E-state index in [0.717, 1.165) is 6.42 Å². The van der Waals surface area contributed by atoms with Gasteiger partial charge in [-0.15, -0.1) is 0 Å². The fraction of sp³-hybridized carbons (Fsp3) is 0.867. The zero-order chi connectivity index (χ0) is 17.7. The summed E-state index contributed by atoms with van der Waals surface area (Å²) in [4.78, 5) is 25.1. The number of amides is 1. The van der Waals surface area contributed by atoms with Crippen molar-refractivity contribution in [1.82, 2.24) is 9.21 Å². The number of sulfonamides is 1. The smallest absolute Gasteiger partial charge is 0.306 e. The molecule has 24 heavy (non-hydrogen) atoms. The predicted molar refractivity (Wildman–Crippen MR) is 87.0 cm³/mol. The summed E-state index contributed by atoms with van der Waals surface area (Å²) in [6, 6.07) is -0.657. The van der Waals surface area contributed by atoms with Crippen molar-refractivity contribution < 1.29 is 27.9 Å². The number of morpholine rings is 1. The first-order chi connectivity index (χ1) is 11.3. The van der Waals surface area contributed by atoms with E-state index in [4.69, 9.17) is 9.84 Å². The van der Waals surface area contributed by atoms with Gasteiger partial charge in [0.05, 0.1) is 24.9 Å². The van der Waals surface area contributed by atoms with Crippen LogP contribution in [0.15, 0.2) is 0 Å². The van der Waals surface area contributed by atoms with Gasteiger partial charge in [-0.3, -0.25) is 9.59 Å². The fourth-order valence-electron chi connectivity index (χ4n) is 3.21. The van der Waals surface area contributed by atoms with Crippen LogP contribution in [0.4, 0.5) is 0 Å². The fourth-order valence-corrected chi connectivity index (χ4v) is 5.09. The molecule has 0 aromatic rings. The lowest BCUT2D eigenvalue weighted by atomic mass is 10.1. The number of nitrogens with zero attached hydrogens (tertiary/aromatic N) is 2. The van der Waals surface area contributed by atoms with Crippen molar-refractivity contribution in [3.8, 4) is 0 Å². The molecule has 2 heterocycles. The first kappa shape index (κ1) is 19.1. The number of aliphatic carboxylic acids is 1. The van der Waals surface area contributed by atoms with Gasteiger partial charge in [0.25, 0.3) is 0 Å². The Morgan fingerprint density at radius 1 is 1.29 bits per heavy atom. The number of carbonyl (C=O) groups is 2. The van der Waals surface area contributed by atoms with E-state index in [0.29, 0.717) is 32.4 Å². The summed E-state index contributed by atoms with van der Waals surface area (Å²) in [5.74, 6) is -1.14. The van der Waals surface area contributed by atoms with Crippen molar-refractivity contribution in [2.75, 3.05) is 32.0 Å². The molecule has 8 nitrogen and oxygen atoms in total. The first-order valence-corrected chi connectivity index (χ1v) is 10.1. The second kappa shape index (κ2) is 8.26. The van der Waals surface area contributed by atoms with Gasteiger partial charge in [-0.1, -0.05) is 13.3 Å². The maximum Gasteiger partial charge on any atom is 0.306 e. The average molecular weight is 362 g/mol. The molecule has 0 bridgehead atoms. The number of rotatable bonds is 7. The Morgan fingerprint density at radius 3 is 2.71 bits per heavy atom. The number of unbranched alkanes of at least 4 members (excludes halogenated alkanes) is 1. The Bertz CT molecular complexity index is 564. The van der Waals surface area contributed by atoms with Crippen molar-refractivity contribution in [1.29, 1.82) is 0 Å². The maximum absolute atomic E-state index is 12.8. The van der Waals surface area contributed by atoms with Crippen LogP contribution in [0.2, 0.25) is 0 Å². The molecule has 2 rings (SSSR count). The van der Waals surface area contributed by atoms with Gasteiger partial charge >= 0.3 is 5.97 Å². The molecule has 2 aliphatic heterocycles. The number of hydrogen-bond donors (Lipinski definition) is 1. The normalized spacial score (nSPS) is 25.8. The third kappa shape index (κ3) is 4.67. The quantitative estimate of drug-likeness (QED) is 0.698. The second-order valence-electron chi connectivity index (χ2n) is 6.31. The summed E-state index contributed by atoms with van der Waals surface area (Å²) in [6.07, 6.45) is 1.86. The van der Waals surface area contributed by atoms with E-state index in [-0.39, 0.29) is 31.2 Å². The Kier molecular flexibility index (Phi) is 6.59. The summed E-state index contributed by atoms with van der Waals surface area (Å²) in [7, 11) is -3.43. The monoisotopic (exact) mass is 362 g/mol. The number of carboxylic acid groups (broad SMARTS) is 1. The molecular formula is C15H26N2O6S. The van der Waals surface area contributed by atoms with E-state index in [2.05, 4.69) is 0 Å². The van der Waals surface area contributed by atoms with Crippen LogP contribution in [0.5, 0.6) is 0 Å². The van der Waals surface area contributed by atoms with Crippen LogP contribution in [0.1, 0.15) is 39.0 Å². The van der Waals surface area contributed by atoms with Gasteiger partial charge in [0, 0.05) is 19.6 Å². The Morgan fingerprint density at radius 2 is 2.04 bits per heavy atom. The van der Waals surface area contributed by atoms with Crippen LogP contribution in [0, 0.1) is 0 Å². The summed E-state index contributed by atoms with van der Waals surface area (Å²) in [6.45, 7) is 3.15. The number of carbonyl (C=O) groups excluding carboxylic acids is 1. The van der Waals surface area contributed by atoms with E-state index in [1.54, 1.807) is 4.90 Å². The highest BCUT2D eigenvalue weighted by molar-refractivity contribution is 7.89. The lowest BCUT2D eigenvalue weighted by Gasteiger charge is -2.35. The molecule has 1 N–H and O–H groups in total. The van der Waals surface area contributed by atoms with Crippen molar-refractivity contribution >= 4 is 21.9 Å². The molecule has 2 fully saturated rings. The average Bonchev–Trinajstić information content (AvgIpc) is 3.02. The summed E-state index contributed by atoms with van der Waals surface area (Å²) in [5.41, 5.74) is 0. The van der Waals surface area contributed by atoms with Gasteiger partial charge in [-0.25, -0.2) is 8.42 Å². The molecule has 2 atom stereocenters. The molecule has 9 heteroatoms. The minimum absolute atomic E-state index is 0.0675. The zero-order valence-corrected chi connectivity index (χ0v) is 14.8. The van der Waals surface area contributed by atoms with E-state index in [1.165, 1.54) is 4.31 Å². The van der Waals surface area contributed by atoms with Gasteiger partial charge in [0.1, 0.15) is 6.04 Å². The topological polar surface area (TPSA) is 104 Å². The Labute approximate surface area is 142 Å². The predicted octanol–water partition coefficient (Wildman–Crippen LogP) is 0.283. The van der Waals surface area contributed by atoms with E-state index in [1.807, 2.05) is 6.92 Å². The van der Waals surface area contributed by atoms with Gasteiger partial charge in [-0.2, -0.15) is 4.31 Å². The second-order valence-corrected chi connectivity index (χ2v) is 8.35. The largest absolute Gasteiger partial charge is 0.481 e. The molecule has 0 aliphatic carbocycles. The van der Waals surface area contributed by atoms with Crippen LogP contribution in [0.25, 0.3) is 0 Å². The van der Waals surface area contributed by atoms with Gasteiger partial charge in [0.15, 0.2) is 0 Å². The van der Waals surface area contributed by atoms with Crippen LogP contribution >= 0.6 is 0 Å². The Balaban J connectivity index is 2.03. The number of carboxylic acids is 1. The molecule has 0 saturated carbocycles. The van der Waals surface area contributed by atoms with Gasteiger partial charge < -0.3 is 14.7 Å². The van der Waals surface area contributed by atoms with E-state index in [9.17, 15) is 18.0 Å². The molecule has 0 radical (unpaired) electrons. The summed E-state index contributed by atoms with van der Waals surface area (Å²) >= 11 is 0. The minimum Gasteiger partial charge on any atom is -0.481 e. The van der Waals surface area contributed by atoms with Crippen molar-refractivity contribution in [3.05, 3.63) is 0 Å². The van der Waals surface area contributed by atoms with Crippen molar-refractivity contribution in [2.45, 2.75) is 51.2 Å².